The first kappa shape index (κ1) is 22.7. The molecule has 1 N–H and O–H groups in total. The summed E-state index contributed by atoms with van der Waals surface area (Å²) in [5, 5.41) is 3.54. The van der Waals surface area contributed by atoms with Gasteiger partial charge in [-0.05, 0) is 36.6 Å². The Bertz CT molecular complexity index is 1140. The zero-order valence-electron chi connectivity index (χ0n) is 19.0. The Morgan fingerprint density at radius 2 is 1.85 bits per heavy atom. The molecular formula is C26H28N4O3S. The first-order valence-corrected chi connectivity index (χ1v) is 12.5. The fourth-order valence-electron chi connectivity index (χ4n) is 4.55. The van der Waals surface area contributed by atoms with Crippen LogP contribution in [0.4, 0.5) is 5.13 Å². The highest BCUT2D eigenvalue weighted by Gasteiger charge is 2.37. The van der Waals surface area contributed by atoms with Crippen LogP contribution in [0.1, 0.15) is 38.8 Å². The number of hydrogen-bond acceptors (Lipinski definition) is 6. The van der Waals surface area contributed by atoms with E-state index >= 15 is 0 Å². The van der Waals surface area contributed by atoms with Crippen molar-refractivity contribution in [3.63, 3.8) is 0 Å². The number of carbonyl (C=O) groups excluding carboxylic acids is 2. The third-order valence-electron chi connectivity index (χ3n) is 6.31. The van der Waals surface area contributed by atoms with Gasteiger partial charge in [-0.15, -0.1) is 11.3 Å². The highest BCUT2D eigenvalue weighted by Crippen LogP contribution is 2.32. The lowest BCUT2D eigenvalue weighted by molar-refractivity contribution is -0.120. The van der Waals surface area contributed by atoms with Crippen LogP contribution in [0.15, 0.2) is 60.8 Å². The third-order valence-corrected chi connectivity index (χ3v) is 7.28. The summed E-state index contributed by atoms with van der Waals surface area (Å²) in [6, 6.07) is 16.3. The lowest BCUT2D eigenvalue weighted by atomic mass is 10.0. The molecule has 3 aromatic rings. The number of ether oxygens (including phenoxy) is 1. The number of benzene rings is 2. The molecule has 2 aromatic carbocycles. The molecule has 0 radical (unpaired) electrons. The number of nitrogens with one attached hydrogen (secondary N) is 1. The summed E-state index contributed by atoms with van der Waals surface area (Å²) >= 11 is 1.50. The number of aryl methyl sites for hydroxylation is 1. The summed E-state index contributed by atoms with van der Waals surface area (Å²) in [5.74, 6) is -0.371. The number of carbonyl (C=O) groups is 2. The van der Waals surface area contributed by atoms with Gasteiger partial charge in [0.15, 0.2) is 5.13 Å². The highest BCUT2D eigenvalue weighted by molar-refractivity contribution is 7.15. The van der Waals surface area contributed by atoms with Crippen LogP contribution in [0.2, 0.25) is 0 Å². The number of nitrogens with zero attached hydrogens (tertiary/aromatic N) is 3. The van der Waals surface area contributed by atoms with E-state index in [4.69, 9.17) is 4.74 Å². The van der Waals surface area contributed by atoms with Crippen molar-refractivity contribution < 1.29 is 14.3 Å². The van der Waals surface area contributed by atoms with E-state index in [1.54, 1.807) is 4.90 Å². The van der Waals surface area contributed by atoms with E-state index in [0.717, 1.165) is 61.7 Å². The number of amides is 2. The first-order chi connectivity index (χ1) is 16.7. The first-order valence-electron chi connectivity index (χ1n) is 11.7. The van der Waals surface area contributed by atoms with Gasteiger partial charge in [-0.2, -0.15) is 0 Å². The van der Waals surface area contributed by atoms with Crippen molar-refractivity contribution in [3.05, 3.63) is 82.4 Å². The smallest absolute Gasteiger partial charge is 0.255 e. The van der Waals surface area contributed by atoms with Gasteiger partial charge >= 0.3 is 0 Å². The monoisotopic (exact) mass is 476 g/mol. The Kier molecular flexibility index (Phi) is 6.99. The molecule has 176 valence electrons. The van der Waals surface area contributed by atoms with E-state index < -0.39 is 6.04 Å². The Balaban J connectivity index is 1.26. The Morgan fingerprint density at radius 1 is 1.09 bits per heavy atom. The number of morpholine rings is 1. The molecule has 2 aliphatic rings. The second kappa shape index (κ2) is 10.5. The fourth-order valence-corrected chi connectivity index (χ4v) is 5.41. The average molecular weight is 477 g/mol. The molecule has 1 fully saturated rings. The molecular weight excluding hydrogens is 448 g/mol. The molecule has 0 aliphatic carbocycles. The summed E-state index contributed by atoms with van der Waals surface area (Å²) < 4.78 is 5.40. The molecule has 3 heterocycles. The van der Waals surface area contributed by atoms with Crippen molar-refractivity contribution in [3.8, 4) is 0 Å². The van der Waals surface area contributed by atoms with Gasteiger partial charge < -0.3 is 9.64 Å². The number of anilines is 1. The molecule has 1 aromatic heterocycles. The van der Waals surface area contributed by atoms with E-state index in [1.165, 1.54) is 11.3 Å². The van der Waals surface area contributed by atoms with Crippen molar-refractivity contribution in [2.24, 2.45) is 0 Å². The van der Waals surface area contributed by atoms with E-state index in [-0.39, 0.29) is 11.8 Å². The van der Waals surface area contributed by atoms with Gasteiger partial charge in [0.05, 0.1) is 13.2 Å². The Hall–Kier alpha value is -3.07. The number of thiazole rings is 1. The van der Waals surface area contributed by atoms with Crippen molar-refractivity contribution in [1.29, 1.82) is 0 Å². The predicted octanol–water partition coefficient (Wildman–Crippen LogP) is 3.74. The number of rotatable bonds is 8. The normalized spacial score (nSPS) is 16.9. The molecule has 2 aliphatic heterocycles. The lowest BCUT2D eigenvalue weighted by Crippen LogP contribution is -2.37. The van der Waals surface area contributed by atoms with Crippen LogP contribution in [0.5, 0.6) is 0 Å². The summed E-state index contributed by atoms with van der Waals surface area (Å²) in [6.45, 7) is 5.05. The summed E-state index contributed by atoms with van der Waals surface area (Å²) in [7, 11) is 0. The minimum absolute atomic E-state index is 0.123. The molecule has 0 bridgehead atoms. The molecule has 5 rings (SSSR count). The number of hydrogen-bond donors (Lipinski definition) is 1. The van der Waals surface area contributed by atoms with Crippen LogP contribution in [-0.4, -0.2) is 59.4 Å². The van der Waals surface area contributed by atoms with Crippen LogP contribution in [0, 0.1) is 0 Å². The minimum Gasteiger partial charge on any atom is -0.379 e. The Labute approximate surface area is 203 Å². The van der Waals surface area contributed by atoms with Gasteiger partial charge in [0.2, 0.25) is 0 Å². The SMILES string of the molecule is O=C(Nc1ncc(CCCN2CCOCC2)s1)[C@@H](c1ccccc1)N1Cc2ccccc2C1=O. The lowest BCUT2D eigenvalue weighted by Gasteiger charge is -2.27. The van der Waals surface area contributed by atoms with Crippen molar-refractivity contribution in [2.75, 3.05) is 38.2 Å². The molecule has 8 heteroatoms. The van der Waals surface area contributed by atoms with Gasteiger partial charge in [0, 0.05) is 36.3 Å². The van der Waals surface area contributed by atoms with Crippen LogP contribution in [0.3, 0.4) is 0 Å². The highest BCUT2D eigenvalue weighted by atomic mass is 32.1. The maximum Gasteiger partial charge on any atom is 0.255 e. The van der Waals surface area contributed by atoms with Crippen molar-refractivity contribution >= 4 is 28.3 Å². The van der Waals surface area contributed by atoms with Gasteiger partial charge in [0.1, 0.15) is 6.04 Å². The predicted molar refractivity (Wildman–Crippen MR) is 132 cm³/mol. The Morgan fingerprint density at radius 3 is 2.65 bits per heavy atom. The summed E-state index contributed by atoms with van der Waals surface area (Å²) in [6.07, 6.45) is 3.81. The molecule has 0 spiro atoms. The second-order valence-electron chi connectivity index (χ2n) is 8.58. The maximum absolute atomic E-state index is 13.5. The molecule has 7 nitrogen and oxygen atoms in total. The molecule has 0 saturated carbocycles. The van der Waals surface area contributed by atoms with E-state index in [1.807, 2.05) is 60.8 Å². The zero-order chi connectivity index (χ0) is 23.3. The molecule has 1 saturated heterocycles. The average Bonchev–Trinajstić information content (AvgIpc) is 3.45. The molecule has 2 amide bonds. The van der Waals surface area contributed by atoms with Crippen LogP contribution in [-0.2, 0) is 22.5 Å². The van der Waals surface area contributed by atoms with Crippen molar-refractivity contribution in [1.82, 2.24) is 14.8 Å². The second-order valence-corrected chi connectivity index (χ2v) is 9.70. The quantitative estimate of drug-likeness (QED) is 0.536. The van der Waals surface area contributed by atoms with Crippen LogP contribution in [0.25, 0.3) is 0 Å². The third kappa shape index (κ3) is 5.04. The van der Waals surface area contributed by atoms with Crippen LogP contribution >= 0.6 is 11.3 Å². The van der Waals surface area contributed by atoms with Gasteiger partial charge in [-0.25, -0.2) is 4.98 Å². The number of aromatic nitrogens is 1. The largest absolute Gasteiger partial charge is 0.379 e. The summed E-state index contributed by atoms with van der Waals surface area (Å²) in [4.78, 5) is 36.3. The minimum atomic E-state index is -0.727. The molecule has 34 heavy (non-hydrogen) atoms. The van der Waals surface area contributed by atoms with E-state index in [0.29, 0.717) is 17.2 Å². The van der Waals surface area contributed by atoms with E-state index in [9.17, 15) is 9.59 Å². The standard InChI is InChI=1S/C26H28N4O3S/c31-24(28-26-27-17-21(34-26)10-6-12-29-13-15-33-16-14-29)23(19-7-2-1-3-8-19)30-18-20-9-4-5-11-22(20)25(30)32/h1-5,7-9,11,17,23H,6,10,12-16,18H2,(H,27,28,31)/t23-/m1/s1. The molecule has 0 unspecified atom stereocenters. The zero-order valence-corrected chi connectivity index (χ0v) is 19.8. The fraction of sp³-hybridized carbons (Fsp3) is 0.346. The van der Waals surface area contributed by atoms with Gasteiger partial charge in [-0.1, -0.05) is 48.5 Å². The van der Waals surface area contributed by atoms with Crippen LogP contribution < -0.4 is 5.32 Å². The number of fused-ring (bicyclic) bond motifs is 1. The van der Waals surface area contributed by atoms with Crippen molar-refractivity contribution in [2.45, 2.75) is 25.4 Å². The summed E-state index contributed by atoms with van der Waals surface area (Å²) in [5.41, 5.74) is 2.38. The van der Waals surface area contributed by atoms with E-state index in [2.05, 4.69) is 15.2 Å². The van der Waals surface area contributed by atoms with Gasteiger partial charge in [-0.3, -0.25) is 19.8 Å². The topological polar surface area (TPSA) is 74.8 Å². The maximum atomic E-state index is 13.5. The molecule has 1 atom stereocenters. The van der Waals surface area contributed by atoms with Gasteiger partial charge in [0.25, 0.3) is 11.8 Å².